The molecule has 0 unspecified atom stereocenters. The Kier molecular flexibility index (Phi) is 8.97. The second-order valence-electron chi connectivity index (χ2n) is 8.65. The molecule has 4 aromatic rings. The molecule has 0 aliphatic heterocycles. The average Bonchev–Trinajstić information content (AvgIpc) is 3.37. The summed E-state index contributed by atoms with van der Waals surface area (Å²) < 4.78 is 45.3. The van der Waals surface area contributed by atoms with Crippen LogP contribution < -0.4 is 10.6 Å². The van der Waals surface area contributed by atoms with Gasteiger partial charge in [0.15, 0.2) is 6.04 Å². The molecule has 0 bridgehead atoms. The second kappa shape index (κ2) is 12.6. The number of carboxylic acids is 1. The summed E-state index contributed by atoms with van der Waals surface area (Å²) in [4.78, 5) is 38.3. The van der Waals surface area contributed by atoms with Gasteiger partial charge >= 0.3 is 12.1 Å². The number of thiophene rings is 1. The van der Waals surface area contributed by atoms with Crippen LogP contribution in [-0.2, 0) is 27.1 Å². The van der Waals surface area contributed by atoms with Crippen molar-refractivity contribution in [2.45, 2.75) is 18.8 Å². The first kappa shape index (κ1) is 28.5. The van der Waals surface area contributed by atoms with Crippen LogP contribution in [-0.4, -0.2) is 35.5 Å². The van der Waals surface area contributed by atoms with Gasteiger partial charge in [-0.3, -0.25) is 9.59 Å². The SMILES string of the molecule is O=C(N[C@H](COCc1ccccc1)C(=O)O)/C(=C/c1ccc(C(F)(F)F)cc1)NC(=O)c1cc2ccccc2s1. The Hall–Kier alpha value is -4.48. The molecule has 3 aromatic carbocycles. The number of hydrogen-bond donors (Lipinski definition) is 3. The van der Waals surface area contributed by atoms with Crippen molar-refractivity contribution in [2.24, 2.45) is 0 Å². The largest absolute Gasteiger partial charge is 0.480 e. The quantitative estimate of drug-likeness (QED) is 0.220. The molecule has 7 nitrogen and oxygen atoms in total. The molecule has 1 aromatic heterocycles. The maximum atomic E-state index is 13.2. The van der Waals surface area contributed by atoms with Crippen LogP contribution in [0.2, 0.25) is 0 Å². The van der Waals surface area contributed by atoms with E-state index < -0.39 is 35.6 Å². The fourth-order valence-corrected chi connectivity index (χ4v) is 4.61. The molecule has 0 spiro atoms. The van der Waals surface area contributed by atoms with E-state index in [1.807, 2.05) is 30.3 Å². The van der Waals surface area contributed by atoms with Gasteiger partial charge in [0.1, 0.15) is 5.70 Å². The van der Waals surface area contributed by atoms with E-state index in [0.717, 1.165) is 39.9 Å². The third-order valence-electron chi connectivity index (χ3n) is 5.69. The van der Waals surface area contributed by atoms with E-state index in [1.54, 1.807) is 30.3 Å². The summed E-state index contributed by atoms with van der Waals surface area (Å²) in [6.45, 7) is -0.259. The lowest BCUT2D eigenvalue weighted by Crippen LogP contribution is -2.46. The van der Waals surface area contributed by atoms with Crippen LogP contribution in [0.4, 0.5) is 13.2 Å². The first-order valence-corrected chi connectivity index (χ1v) is 12.8. The Bertz CT molecular complexity index is 1500. The van der Waals surface area contributed by atoms with Crippen molar-refractivity contribution < 1.29 is 37.4 Å². The predicted octanol–water partition coefficient (Wildman–Crippen LogP) is 5.48. The van der Waals surface area contributed by atoms with Crippen LogP contribution in [0.25, 0.3) is 16.2 Å². The molecule has 0 saturated carbocycles. The molecular formula is C29H23F3N2O5S. The van der Waals surface area contributed by atoms with E-state index in [2.05, 4.69) is 10.6 Å². The van der Waals surface area contributed by atoms with Gasteiger partial charge in [-0.1, -0.05) is 60.7 Å². The zero-order valence-corrected chi connectivity index (χ0v) is 21.6. The third kappa shape index (κ3) is 7.55. The third-order valence-corrected chi connectivity index (χ3v) is 6.81. The van der Waals surface area contributed by atoms with Gasteiger partial charge in [-0.25, -0.2) is 4.79 Å². The number of aliphatic carboxylic acids is 1. The lowest BCUT2D eigenvalue weighted by Gasteiger charge is -2.17. The Morgan fingerprint density at radius 2 is 1.62 bits per heavy atom. The summed E-state index contributed by atoms with van der Waals surface area (Å²) in [5.74, 6) is -2.96. The number of alkyl halides is 3. The highest BCUT2D eigenvalue weighted by molar-refractivity contribution is 7.20. The molecule has 1 atom stereocenters. The Balaban J connectivity index is 1.55. The monoisotopic (exact) mass is 568 g/mol. The minimum Gasteiger partial charge on any atom is -0.480 e. The molecule has 1 heterocycles. The van der Waals surface area contributed by atoms with Crippen molar-refractivity contribution >= 4 is 45.3 Å². The predicted molar refractivity (Wildman–Crippen MR) is 144 cm³/mol. The molecule has 4 rings (SSSR count). The zero-order valence-electron chi connectivity index (χ0n) is 20.8. The molecule has 206 valence electrons. The van der Waals surface area contributed by atoms with Gasteiger partial charge < -0.3 is 20.5 Å². The normalized spacial score (nSPS) is 12.6. The van der Waals surface area contributed by atoms with Crippen molar-refractivity contribution in [3.05, 3.63) is 112 Å². The standard InChI is InChI=1S/C29H23F3N2O5S/c30-29(31,32)21-12-10-18(11-13-21)14-22(33-27(36)25-15-20-8-4-5-9-24(20)40-25)26(35)34-23(28(37)38)17-39-16-19-6-2-1-3-7-19/h1-15,23H,16-17H2,(H,33,36)(H,34,35)(H,37,38)/b22-14-/t23-/m1/s1. The molecule has 11 heteroatoms. The first-order chi connectivity index (χ1) is 19.1. The molecule has 40 heavy (non-hydrogen) atoms. The van der Waals surface area contributed by atoms with Gasteiger partial charge in [-0.05, 0) is 46.9 Å². The number of carbonyl (C=O) groups is 3. The van der Waals surface area contributed by atoms with Crippen molar-refractivity contribution in [1.82, 2.24) is 10.6 Å². The van der Waals surface area contributed by atoms with Gasteiger partial charge in [0.25, 0.3) is 11.8 Å². The molecule has 0 radical (unpaired) electrons. The maximum Gasteiger partial charge on any atom is 0.416 e. The summed E-state index contributed by atoms with van der Waals surface area (Å²) >= 11 is 1.19. The Morgan fingerprint density at radius 1 is 0.950 bits per heavy atom. The van der Waals surface area contributed by atoms with Gasteiger partial charge in [-0.2, -0.15) is 13.2 Å². The van der Waals surface area contributed by atoms with Crippen LogP contribution in [0.15, 0.2) is 90.6 Å². The minimum absolute atomic E-state index is 0.109. The summed E-state index contributed by atoms with van der Waals surface area (Å²) in [7, 11) is 0. The summed E-state index contributed by atoms with van der Waals surface area (Å²) in [5, 5.41) is 15.2. The number of hydrogen-bond acceptors (Lipinski definition) is 5. The van der Waals surface area contributed by atoms with Gasteiger partial charge in [0.05, 0.1) is 23.7 Å². The molecule has 2 amide bonds. The number of benzene rings is 3. The molecule has 0 aliphatic rings. The number of ether oxygens (including phenoxy) is 1. The van der Waals surface area contributed by atoms with Crippen molar-refractivity contribution in [1.29, 1.82) is 0 Å². The molecular weight excluding hydrogens is 545 g/mol. The summed E-state index contributed by atoms with van der Waals surface area (Å²) in [6, 6.07) is 20.4. The van der Waals surface area contributed by atoms with E-state index in [4.69, 9.17) is 4.74 Å². The maximum absolute atomic E-state index is 13.2. The molecule has 3 N–H and O–H groups in total. The Labute approximate surface area is 230 Å². The second-order valence-corrected chi connectivity index (χ2v) is 9.73. The lowest BCUT2D eigenvalue weighted by molar-refractivity contribution is -0.143. The molecule has 0 saturated heterocycles. The van der Waals surface area contributed by atoms with Crippen LogP contribution in [0.3, 0.4) is 0 Å². The van der Waals surface area contributed by atoms with E-state index in [1.165, 1.54) is 17.4 Å². The van der Waals surface area contributed by atoms with Crippen LogP contribution in [0.1, 0.15) is 26.4 Å². The smallest absolute Gasteiger partial charge is 0.416 e. The number of fused-ring (bicyclic) bond motifs is 1. The van der Waals surface area contributed by atoms with Crippen LogP contribution >= 0.6 is 11.3 Å². The fourth-order valence-electron chi connectivity index (χ4n) is 3.65. The number of carbonyl (C=O) groups excluding carboxylic acids is 2. The van der Waals surface area contributed by atoms with E-state index in [0.29, 0.717) is 0 Å². The highest BCUT2D eigenvalue weighted by Crippen LogP contribution is 2.29. The Morgan fingerprint density at radius 3 is 2.27 bits per heavy atom. The molecule has 0 aliphatic carbocycles. The van der Waals surface area contributed by atoms with Gasteiger partial charge in [0.2, 0.25) is 0 Å². The van der Waals surface area contributed by atoms with E-state index in [9.17, 15) is 32.7 Å². The van der Waals surface area contributed by atoms with Crippen molar-refractivity contribution in [2.75, 3.05) is 6.61 Å². The number of carboxylic acid groups (broad SMARTS) is 1. The minimum atomic E-state index is -4.55. The van der Waals surface area contributed by atoms with Crippen molar-refractivity contribution in [3.63, 3.8) is 0 Å². The summed E-state index contributed by atoms with van der Waals surface area (Å²) in [5.41, 5.74) is -0.249. The van der Waals surface area contributed by atoms with E-state index in [-0.39, 0.29) is 29.4 Å². The van der Waals surface area contributed by atoms with Gasteiger partial charge in [-0.15, -0.1) is 11.3 Å². The molecule has 0 fully saturated rings. The van der Waals surface area contributed by atoms with Crippen LogP contribution in [0, 0.1) is 0 Å². The first-order valence-electron chi connectivity index (χ1n) is 11.9. The zero-order chi connectivity index (χ0) is 28.7. The van der Waals surface area contributed by atoms with E-state index >= 15 is 0 Å². The summed E-state index contributed by atoms with van der Waals surface area (Å²) in [6.07, 6.45) is -3.38. The fraction of sp³-hybridized carbons (Fsp3) is 0.138. The van der Waals surface area contributed by atoms with Crippen molar-refractivity contribution in [3.8, 4) is 0 Å². The average molecular weight is 569 g/mol. The number of nitrogens with one attached hydrogen (secondary N) is 2. The highest BCUT2D eigenvalue weighted by atomic mass is 32.1. The van der Waals surface area contributed by atoms with Gasteiger partial charge in [0, 0.05) is 4.70 Å². The number of amides is 2. The number of halogens is 3. The topological polar surface area (TPSA) is 105 Å². The highest BCUT2D eigenvalue weighted by Gasteiger charge is 2.30. The number of rotatable bonds is 10. The van der Waals surface area contributed by atoms with Crippen LogP contribution in [0.5, 0.6) is 0 Å². The lowest BCUT2D eigenvalue weighted by atomic mass is 10.1.